The van der Waals surface area contributed by atoms with Gasteiger partial charge in [-0.1, -0.05) is 0 Å². The second-order valence-electron chi connectivity index (χ2n) is 3.75. The van der Waals surface area contributed by atoms with Crippen LogP contribution in [0.4, 0.5) is 5.13 Å². The van der Waals surface area contributed by atoms with E-state index in [1.165, 1.54) is 11.3 Å². The number of anilines is 1. The highest BCUT2D eigenvalue weighted by Crippen LogP contribution is 2.26. The molecule has 0 aliphatic carbocycles. The van der Waals surface area contributed by atoms with E-state index in [0.717, 1.165) is 17.0 Å². The van der Waals surface area contributed by atoms with Crippen LogP contribution in [-0.4, -0.2) is 23.9 Å². The fourth-order valence-corrected chi connectivity index (χ4v) is 2.40. The van der Waals surface area contributed by atoms with Crippen molar-refractivity contribution in [3.05, 3.63) is 29.6 Å². The van der Waals surface area contributed by atoms with Crippen molar-refractivity contribution < 1.29 is 9.53 Å². The summed E-state index contributed by atoms with van der Waals surface area (Å²) in [7, 11) is 1.63. The Hall–Kier alpha value is -1.59. The lowest BCUT2D eigenvalue weighted by Crippen LogP contribution is -2.11. The maximum atomic E-state index is 11.4. The summed E-state index contributed by atoms with van der Waals surface area (Å²) in [6, 6.07) is 7.61. The summed E-state index contributed by atoms with van der Waals surface area (Å²) in [6.45, 7) is 0. The molecule has 4 nitrogen and oxygen atoms in total. The molecule has 0 saturated carbocycles. The van der Waals surface area contributed by atoms with Crippen LogP contribution in [-0.2, 0) is 4.79 Å². The predicted octanol–water partition coefficient (Wildman–Crippen LogP) is 3.39. The standard InChI is InChI=1S/C13H13ClN2O2S/c1-18-10-4-2-9(3-5-10)11-8-19-13(15-11)16-12(17)6-7-14/h2-5,8H,6-7H2,1H3,(H,15,16,17). The van der Waals surface area contributed by atoms with Crippen molar-refractivity contribution in [3.8, 4) is 17.0 Å². The van der Waals surface area contributed by atoms with Crippen molar-refractivity contribution in [2.75, 3.05) is 18.3 Å². The summed E-state index contributed by atoms with van der Waals surface area (Å²) in [6.07, 6.45) is 0.291. The molecular formula is C13H13ClN2O2S. The summed E-state index contributed by atoms with van der Waals surface area (Å²) in [5.74, 6) is 0.989. The lowest BCUT2D eigenvalue weighted by atomic mass is 10.2. The average molecular weight is 297 g/mol. The van der Waals surface area contributed by atoms with Gasteiger partial charge in [0.25, 0.3) is 0 Å². The predicted molar refractivity (Wildman–Crippen MR) is 78.1 cm³/mol. The minimum atomic E-state index is -0.120. The molecule has 100 valence electrons. The van der Waals surface area contributed by atoms with Gasteiger partial charge in [0.2, 0.25) is 5.91 Å². The zero-order valence-electron chi connectivity index (χ0n) is 10.4. The molecule has 1 heterocycles. The topological polar surface area (TPSA) is 51.2 Å². The van der Waals surface area contributed by atoms with E-state index in [1.807, 2.05) is 29.6 Å². The number of thiazole rings is 1. The van der Waals surface area contributed by atoms with Crippen molar-refractivity contribution in [1.82, 2.24) is 4.98 Å². The van der Waals surface area contributed by atoms with Gasteiger partial charge in [-0.25, -0.2) is 4.98 Å². The first-order valence-corrected chi connectivity index (χ1v) is 7.10. The van der Waals surface area contributed by atoms with E-state index in [-0.39, 0.29) is 5.91 Å². The van der Waals surface area contributed by atoms with Gasteiger partial charge in [0, 0.05) is 23.2 Å². The van der Waals surface area contributed by atoms with Crippen LogP contribution in [0.25, 0.3) is 11.3 Å². The largest absolute Gasteiger partial charge is 0.497 e. The molecule has 2 aromatic rings. The van der Waals surface area contributed by atoms with E-state index in [0.29, 0.717) is 17.4 Å². The minimum absolute atomic E-state index is 0.120. The van der Waals surface area contributed by atoms with Gasteiger partial charge in [-0.3, -0.25) is 4.79 Å². The molecule has 6 heteroatoms. The number of methoxy groups -OCH3 is 1. The Labute approximate surface area is 120 Å². The number of halogens is 1. The van der Waals surface area contributed by atoms with Crippen LogP contribution in [0.5, 0.6) is 5.75 Å². The zero-order chi connectivity index (χ0) is 13.7. The smallest absolute Gasteiger partial charge is 0.227 e. The molecule has 0 aliphatic heterocycles. The third-order valence-electron chi connectivity index (χ3n) is 2.46. The molecule has 19 heavy (non-hydrogen) atoms. The van der Waals surface area contributed by atoms with Gasteiger partial charge in [0.05, 0.1) is 12.8 Å². The monoisotopic (exact) mass is 296 g/mol. The molecule has 2 rings (SSSR count). The van der Waals surface area contributed by atoms with Crippen LogP contribution in [0.1, 0.15) is 6.42 Å². The number of carbonyl (C=O) groups is 1. The van der Waals surface area contributed by atoms with Gasteiger partial charge in [0.15, 0.2) is 5.13 Å². The Balaban J connectivity index is 2.09. The number of hydrogen-bond acceptors (Lipinski definition) is 4. The van der Waals surface area contributed by atoms with Gasteiger partial charge >= 0.3 is 0 Å². The highest BCUT2D eigenvalue weighted by atomic mass is 35.5. The van der Waals surface area contributed by atoms with Crippen LogP contribution in [0.2, 0.25) is 0 Å². The highest BCUT2D eigenvalue weighted by Gasteiger charge is 2.07. The molecule has 1 aromatic heterocycles. The molecule has 0 spiro atoms. The molecule has 0 bridgehead atoms. The molecule has 1 amide bonds. The summed E-state index contributed by atoms with van der Waals surface area (Å²) < 4.78 is 5.10. The average Bonchev–Trinajstić information content (AvgIpc) is 2.87. The molecule has 0 aliphatic rings. The normalized spacial score (nSPS) is 10.2. The van der Waals surface area contributed by atoms with Crippen LogP contribution in [0.3, 0.4) is 0 Å². The second kappa shape index (κ2) is 6.54. The lowest BCUT2D eigenvalue weighted by molar-refractivity contribution is -0.115. The SMILES string of the molecule is COc1ccc(-c2csc(NC(=O)CCCl)n2)cc1. The molecule has 0 saturated heterocycles. The summed E-state index contributed by atoms with van der Waals surface area (Å²) >= 11 is 6.89. The van der Waals surface area contributed by atoms with E-state index in [9.17, 15) is 4.79 Å². The molecule has 0 unspecified atom stereocenters. The molecular weight excluding hydrogens is 284 g/mol. The Kier molecular flexibility index (Phi) is 4.76. The van der Waals surface area contributed by atoms with Crippen LogP contribution in [0, 0.1) is 0 Å². The number of nitrogens with one attached hydrogen (secondary N) is 1. The number of benzene rings is 1. The minimum Gasteiger partial charge on any atom is -0.497 e. The van der Waals surface area contributed by atoms with E-state index in [2.05, 4.69) is 10.3 Å². The van der Waals surface area contributed by atoms with Crippen molar-refractivity contribution in [2.45, 2.75) is 6.42 Å². The molecule has 0 fully saturated rings. The molecule has 1 N–H and O–H groups in total. The van der Waals surface area contributed by atoms with Gasteiger partial charge < -0.3 is 10.1 Å². The summed E-state index contributed by atoms with van der Waals surface area (Å²) in [5.41, 5.74) is 1.81. The number of amides is 1. The number of aromatic nitrogens is 1. The van der Waals surface area contributed by atoms with Crippen molar-refractivity contribution in [3.63, 3.8) is 0 Å². The highest BCUT2D eigenvalue weighted by molar-refractivity contribution is 7.14. The van der Waals surface area contributed by atoms with Gasteiger partial charge in [-0.15, -0.1) is 22.9 Å². The van der Waals surface area contributed by atoms with E-state index >= 15 is 0 Å². The molecule has 0 radical (unpaired) electrons. The first kappa shape index (κ1) is 13.8. The first-order valence-electron chi connectivity index (χ1n) is 5.68. The van der Waals surface area contributed by atoms with Crippen molar-refractivity contribution in [2.24, 2.45) is 0 Å². The fraction of sp³-hybridized carbons (Fsp3) is 0.231. The number of rotatable bonds is 5. The van der Waals surface area contributed by atoms with Crippen molar-refractivity contribution in [1.29, 1.82) is 0 Å². The molecule has 0 atom stereocenters. The maximum absolute atomic E-state index is 11.4. The first-order chi connectivity index (χ1) is 9.22. The Morgan fingerprint density at radius 3 is 2.79 bits per heavy atom. The zero-order valence-corrected chi connectivity index (χ0v) is 11.9. The fourth-order valence-electron chi connectivity index (χ4n) is 1.49. The number of ether oxygens (including phenoxy) is 1. The van der Waals surface area contributed by atoms with E-state index in [1.54, 1.807) is 7.11 Å². The number of nitrogens with zero attached hydrogens (tertiary/aromatic N) is 1. The van der Waals surface area contributed by atoms with Crippen LogP contribution >= 0.6 is 22.9 Å². The van der Waals surface area contributed by atoms with Gasteiger partial charge in [-0.05, 0) is 24.3 Å². The van der Waals surface area contributed by atoms with Crippen molar-refractivity contribution >= 4 is 34.0 Å². The number of hydrogen-bond donors (Lipinski definition) is 1. The second-order valence-corrected chi connectivity index (χ2v) is 4.99. The Morgan fingerprint density at radius 2 is 2.16 bits per heavy atom. The van der Waals surface area contributed by atoms with Crippen LogP contribution < -0.4 is 10.1 Å². The van der Waals surface area contributed by atoms with E-state index in [4.69, 9.17) is 16.3 Å². The Bertz CT molecular complexity index is 554. The summed E-state index contributed by atoms with van der Waals surface area (Å²) in [5, 5.41) is 5.20. The Morgan fingerprint density at radius 1 is 1.42 bits per heavy atom. The maximum Gasteiger partial charge on any atom is 0.227 e. The van der Waals surface area contributed by atoms with E-state index < -0.39 is 0 Å². The number of alkyl halides is 1. The van der Waals surface area contributed by atoms with Crippen LogP contribution in [0.15, 0.2) is 29.6 Å². The van der Waals surface area contributed by atoms with Gasteiger partial charge in [0.1, 0.15) is 5.75 Å². The quantitative estimate of drug-likeness (QED) is 0.861. The molecule has 1 aromatic carbocycles. The third kappa shape index (κ3) is 3.68. The lowest BCUT2D eigenvalue weighted by Gasteiger charge is -2.01. The summed E-state index contributed by atoms with van der Waals surface area (Å²) in [4.78, 5) is 15.8. The van der Waals surface area contributed by atoms with Gasteiger partial charge in [-0.2, -0.15) is 0 Å². The number of carbonyl (C=O) groups excluding carboxylic acids is 1. The third-order valence-corrected chi connectivity index (χ3v) is 3.40.